The molecule has 0 spiro atoms. The maximum absolute atomic E-state index is 12.7. The highest BCUT2D eigenvalue weighted by Gasteiger charge is 2.34. The van der Waals surface area contributed by atoms with Crippen molar-refractivity contribution in [2.75, 3.05) is 18.1 Å². The van der Waals surface area contributed by atoms with Crippen LogP contribution in [-0.2, 0) is 19.3 Å². The number of ether oxygens (including phenoxy) is 1. The average molecular weight is 453 g/mol. The zero-order valence-electron chi connectivity index (χ0n) is 16.3. The van der Waals surface area contributed by atoms with Gasteiger partial charge in [-0.1, -0.05) is 6.07 Å². The molecule has 164 valence electrons. The van der Waals surface area contributed by atoms with E-state index in [1.807, 2.05) is 19.1 Å². The number of hydrogen-bond donors (Lipinski definition) is 1. The maximum atomic E-state index is 12.7. The Bertz CT molecular complexity index is 1150. The van der Waals surface area contributed by atoms with Crippen molar-refractivity contribution in [3.63, 3.8) is 0 Å². The summed E-state index contributed by atoms with van der Waals surface area (Å²) < 4.78 is 44.5. The minimum atomic E-state index is -4.53. The fraction of sp³-hybridized carbons (Fsp3) is 0.368. The van der Waals surface area contributed by atoms with Crippen molar-refractivity contribution in [3.8, 4) is 5.75 Å². The first-order valence-corrected chi connectivity index (χ1v) is 10.2. The summed E-state index contributed by atoms with van der Waals surface area (Å²) in [4.78, 5) is 21.7. The Balaban J connectivity index is 1.52. The lowest BCUT2D eigenvalue weighted by Crippen LogP contribution is -2.36. The molecule has 1 aliphatic rings. The lowest BCUT2D eigenvalue weighted by atomic mass is 9.97. The molecule has 1 aliphatic heterocycles. The van der Waals surface area contributed by atoms with Crippen molar-refractivity contribution in [1.29, 1.82) is 0 Å². The predicted molar refractivity (Wildman–Crippen MR) is 106 cm³/mol. The van der Waals surface area contributed by atoms with Crippen LogP contribution in [0.4, 0.5) is 19.0 Å². The Morgan fingerprint density at radius 3 is 2.81 bits per heavy atom. The normalized spacial score (nSPS) is 16.3. The van der Waals surface area contributed by atoms with E-state index in [1.165, 1.54) is 6.20 Å². The zero-order valence-corrected chi connectivity index (χ0v) is 17.2. The number of aliphatic hydroxyl groups excluding tert-OH is 1. The van der Waals surface area contributed by atoms with E-state index in [0.717, 1.165) is 22.0 Å². The van der Waals surface area contributed by atoms with E-state index >= 15 is 0 Å². The van der Waals surface area contributed by atoms with Crippen molar-refractivity contribution in [1.82, 2.24) is 19.7 Å². The van der Waals surface area contributed by atoms with Crippen molar-refractivity contribution >= 4 is 17.2 Å². The van der Waals surface area contributed by atoms with E-state index in [4.69, 9.17) is 4.74 Å². The molecule has 0 saturated heterocycles. The van der Waals surface area contributed by atoms with E-state index in [0.29, 0.717) is 30.2 Å². The summed E-state index contributed by atoms with van der Waals surface area (Å²) in [5.74, 6) is 0.952. The second-order valence-electron chi connectivity index (χ2n) is 6.87. The van der Waals surface area contributed by atoms with Crippen LogP contribution in [0.15, 0.2) is 35.4 Å². The molecule has 0 saturated carbocycles. The van der Waals surface area contributed by atoms with Gasteiger partial charge in [0.15, 0.2) is 10.8 Å². The second kappa shape index (κ2) is 8.27. The van der Waals surface area contributed by atoms with Gasteiger partial charge in [0.2, 0.25) is 0 Å². The Morgan fingerprint density at radius 2 is 2.13 bits per heavy atom. The fourth-order valence-corrected chi connectivity index (χ4v) is 4.07. The van der Waals surface area contributed by atoms with Gasteiger partial charge in [-0.3, -0.25) is 0 Å². The Kier molecular flexibility index (Phi) is 5.67. The maximum Gasteiger partial charge on any atom is 0.443 e. The van der Waals surface area contributed by atoms with Crippen LogP contribution >= 0.6 is 11.3 Å². The van der Waals surface area contributed by atoms with Crippen molar-refractivity contribution in [2.24, 2.45) is 0 Å². The number of benzene rings is 1. The molecule has 1 unspecified atom stereocenters. The van der Waals surface area contributed by atoms with Gasteiger partial charge in [0.25, 0.3) is 0 Å². The molecule has 0 fully saturated rings. The quantitative estimate of drug-likeness (QED) is 0.635. The summed E-state index contributed by atoms with van der Waals surface area (Å²) >= 11 is 0.455. The Hall–Kier alpha value is -2.99. The molecule has 0 aliphatic carbocycles. The third-order valence-corrected chi connectivity index (χ3v) is 5.74. The summed E-state index contributed by atoms with van der Waals surface area (Å²) in [6.07, 6.45) is -2.90. The van der Waals surface area contributed by atoms with E-state index in [9.17, 15) is 23.1 Å². The molecule has 2 aromatic heterocycles. The topological polar surface area (TPSA) is 93.4 Å². The third kappa shape index (κ3) is 4.54. The summed E-state index contributed by atoms with van der Waals surface area (Å²) in [5, 5.41) is 13.6. The number of aromatic nitrogens is 4. The lowest BCUT2D eigenvalue weighted by molar-refractivity contribution is -0.137. The first-order chi connectivity index (χ1) is 14.7. The van der Waals surface area contributed by atoms with Gasteiger partial charge >= 0.3 is 11.9 Å². The first-order valence-electron chi connectivity index (χ1n) is 9.39. The Labute approximate surface area is 178 Å². The van der Waals surface area contributed by atoms with Crippen LogP contribution in [-0.4, -0.2) is 38.0 Å². The number of nitrogens with zero attached hydrogens (tertiary/aromatic N) is 5. The fourth-order valence-electron chi connectivity index (χ4n) is 3.31. The van der Waals surface area contributed by atoms with E-state index < -0.39 is 23.0 Å². The third-order valence-electron chi connectivity index (χ3n) is 4.71. The number of hydrogen-bond acceptors (Lipinski definition) is 8. The van der Waals surface area contributed by atoms with Gasteiger partial charge in [-0.15, -0.1) is 11.3 Å². The standard InChI is InChI=1S/C19H18F3N5O3S/c1-2-30-12-4-3-11-8-26(10-15(28)14(11)5-12)16-7-24-27(18(29)25-16)9-13-6-23-17(31-13)19(20,21)22/h3-7,15,28H,2,8-10H2,1H3. The zero-order chi connectivity index (χ0) is 22.2. The summed E-state index contributed by atoms with van der Waals surface area (Å²) in [6.45, 7) is 2.87. The smallest absolute Gasteiger partial charge is 0.443 e. The van der Waals surface area contributed by atoms with E-state index in [1.54, 1.807) is 11.0 Å². The van der Waals surface area contributed by atoms with Gasteiger partial charge in [0.05, 0.1) is 25.5 Å². The SMILES string of the molecule is CCOc1ccc2c(c1)C(O)CN(c1cnn(Cc3cnc(C(F)(F)F)s3)c(=O)n1)C2. The second-order valence-corrected chi connectivity index (χ2v) is 7.99. The number of thiazole rings is 1. The van der Waals surface area contributed by atoms with Crippen LogP contribution in [0.3, 0.4) is 0 Å². The van der Waals surface area contributed by atoms with E-state index in [2.05, 4.69) is 15.1 Å². The molecule has 0 bridgehead atoms. The largest absolute Gasteiger partial charge is 0.494 e. The highest BCUT2D eigenvalue weighted by Crippen LogP contribution is 2.33. The molecule has 3 aromatic rings. The number of rotatable bonds is 5. The molecule has 8 nitrogen and oxygen atoms in total. The molecule has 1 aromatic carbocycles. The molecule has 0 amide bonds. The van der Waals surface area contributed by atoms with Gasteiger partial charge in [-0.2, -0.15) is 23.3 Å². The average Bonchev–Trinajstić information content (AvgIpc) is 3.19. The first kappa shape index (κ1) is 21.2. The number of fused-ring (bicyclic) bond motifs is 1. The molecule has 1 N–H and O–H groups in total. The van der Waals surface area contributed by atoms with Crippen LogP contribution < -0.4 is 15.3 Å². The number of alkyl halides is 3. The number of anilines is 1. The Morgan fingerprint density at radius 1 is 1.32 bits per heavy atom. The summed E-state index contributed by atoms with van der Waals surface area (Å²) in [5.41, 5.74) is 0.929. The van der Waals surface area contributed by atoms with Gasteiger partial charge in [0, 0.05) is 24.2 Å². The molecular weight excluding hydrogens is 435 g/mol. The number of β-amino-alcohol motifs (C(OH)–C–C–N with tert-alkyl or cyclic N) is 1. The van der Waals surface area contributed by atoms with Crippen molar-refractivity contribution < 1.29 is 23.0 Å². The molecule has 1 atom stereocenters. The van der Waals surface area contributed by atoms with Gasteiger partial charge in [0.1, 0.15) is 5.75 Å². The predicted octanol–water partition coefficient (Wildman–Crippen LogP) is 2.61. The van der Waals surface area contributed by atoms with Crippen LogP contribution in [0.1, 0.15) is 34.0 Å². The van der Waals surface area contributed by atoms with Gasteiger partial charge < -0.3 is 14.7 Å². The summed E-state index contributed by atoms with van der Waals surface area (Å²) in [6, 6.07) is 5.47. The molecule has 12 heteroatoms. The minimum absolute atomic E-state index is 0.161. The molecule has 31 heavy (non-hydrogen) atoms. The highest BCUT2D eigenvalue weighted by molar-refractivity contribution is 7.11. The van der Waals surface area contributed by atoms with Crippen LogP contribution in [0.25, 0.3) is 0 Å². The number of aliphatic hydroxyl groups is 1. The van der Waals surface area contributed by atoms with Gasteiger partial charge in [-0.25, -0.2) is 14.5 Å². The lowest BCUT2D eigenvalue weighted by Gasteiger charge is -2.33. The molecular formula is C19H18F3N5O3S. The van der Waals surface area contributed by atoms with Crippen LogP contribution in [0.5, 0.6) is 5.75 Å². The molecule has 0 radical (unpaired) electrons. The monoisotopic (exact) mass is 453 g/mol. The van der Waals surface area contributed by atoms with Gasteiger partial charge in [-0.05, 0) is 30.2 Å². The van der Waals surface area contributed by atoms with Crippen LogP contribution in [0.2, 0.25) is 0 Å². The highest BCUT2D eigenvalue weighted by atomic mass is 32.1. The van der Waals surface area contributed by atoms with Crippen molar-refractivity contribution in [2.45, 2.75) is 32.3 Å². The van der Waals surface area contributed by atoms with E-state index in [-0.39, 0.29) is 23.8 Å². The minimum Gasteiger partial charge on any atom is -0.494 e. The molecule has 4 rings (SSSR count). The van der Waals surface area contributed by atoms with Crippen LogP contribution in [0, 0.1) is 0 Å². The molecule has 3 heterocycles. The summed E-state index contributed by atoms with van der Waals surface area (Å²) in [7, 11) is 0. The van der Waals surface area contributed by atoms with Crippen molar-refractivity contribution in [3.05, 3.63) is 62.1 Å². The number of halogens is 3.